The highest BCUT2D eigenvalue weighted by Gasteiger charge is 2.45. The van der Waals surface area contributed by atoms with Crippen molar-refractivity contribution in [2.24, 2.45) is 5.92 Å². The van der Waals surface area contributed by atoms with Crippen molar-refractivity contribution in [3.05, 3.63) is 36.0 Å². The third kappa shape index (κ3) is 4.09. The number of halogens is 3. The van der Waals surface area contributed by atoms with E-state index in [1.807, 2.05) is 0 Å². The van der Waals surface area contributed by atoms with Crippen LogP contribution in [0.4, 0.5) is 13.2 Å². The van der Waals surface area contributed by atoms with Gasteiger partial charge in [-0.05, 0) is 18.9 Å². The van der Waals surface area contributed by atoms with E-state index in [4.69, 9.17) is 4.74 Å². The third-order valence-corrected chi connectivity index (χ3v) is 5.04. The standard InChI is InChI=1S/C19H21F3N2O3/c1-27-18(26)13-10-24(16-9-5-2-6-12(13)16)11-17(25)23-15-8-4-3-7-14(15)19(20,21)22/h2,5-6,9-10,14-15H,3-4,7-8,11H2,1H3,(H,23,25). The van der Waals surface area contributed by atoms with Crippen molar-refractivity contribution in [3.63, 3.8) is 0 Å². The van der Waals surface area contributed by atoms with Crippen molar-refractivity contribution in [1.82, 2.24) is 9.88 Å². The van der Waals surface area contributed by atoms with Gasteiger partial charge in [-0.15, -0.1) is 0 Å². The lowest BCUT2D eigenvalue weighted by Crippen LogP contribution is -2.48. The zero-order valence-corrected chi connectivity index (χ0v) is 14.9. The van der Waals surface area contributed by atoms with Crippen LogP contribution in [0, 0.1) is 5.92 Å². The maximum atomic E-state index is 13.2. The van der Waals surface area contributed by atoms with E-state index in [2.05, 4.69) is 5.32 Å². The van der Waals surface area contributed by atoms with Crippen LogP contribution in [0.5, 0.6) is 0 Å². The van der Waals surface area contributed by atoms with E-state index in [0.717, 1.165) is 0 Å². The lowest BCUT2D eigenvalue weighted by atomic mass is 9.84. The molecule has 1 aromatic heterocycles. The van der Waals surface area contributed by atoms with Gasteiger partial charge < -0.3 is 14.6 Å². The first-order valence-corrected chi connectivity index (χ1v) is 8.83. The molecule has 1 heterocycles. The number of nitrogens with zero attached hydrogens (tertiary/aromatic N) is 1. The van der Waals surface area contributed by atoms with E-state index in [-0.39, 0.29) is 13.0 Å². The summed E-state index contributed by atoms with van der Waals surface area (Å²) in [6, 6.07) is 6.09. The van der Waals surface area contributed by atoms with Crippen molar-refractivity contribution in [3.8, 4) is 0 Å². The Balaban J connectivity index is 1.79. The summed E-state index contributed by atoms with van der Waals surface area (Å²) in [6.07, 6.45) is -1.30. The molecule has 2 atom stereocenters. The van der Waals surface area contributed by atoms with Crippen LogP contribution < -0.4 is 5.32 Å². The molecule has 1 fully saturated rings. The number of hydrogen-bond donors (Lipinski definition) is 1. The Bertz CT molecular complexity index is 844. The van der Waals surface area contributed by atoms with Crippen LogP contribution in [0.3, 0.4) is 0 Å². The first kappa shape index (κ1) is 19.3. The Hall–Kier alpha value is -2.51. The van der Waals surface area contributed by atoms with Gasteiger partial charge in [-0.3, -0.25) is 4.79 Å². The maximum absolute atomic E-state index is 13.2. The number of rotatable bonds is 4. The molecule has 27 heavy (non-hydrogen) atoms. The Morgan fingerprint density at radius 1 is 1.22 bits per heavy atom. The third-order valence-electron chi connectivity index (χ3n) is 5.04. The first-order chi connectivity index (χ1) is 12.8. The number of carbonyl (C=O) groups is 2. The van der Waals surface area contributed by atoms with Crippen LogP contribution in [0.2, 0.25) is 0 Å². The number of alkyl halides is 3. The van der Waals surface area contributed by atoms with Crippen LogP contribution in [0.15, 0.2) is 30.5 Å². The number of fused-ring (bicyclic) bond motifs is 1. The van der Waals surface area contributed by atoms with Crippen molar-refractivity contribution >= 4 is 22.8 Å². The molecule has 1 saturated carbocycles. The lowest BCUT2D eigenvalue weighted by molar-refractivity contribution is -0.189. The highest BCUT2D eigenvalue weighted by atomic mass is 19.4. The van der Waals surface area contributed by atoms with Gasteiger partial charge in [0.15, 0.2) is 0 Å². The number of benzene rings is 1. The van der Waals surface area contributed by atoms with Gasteiger partial charge in [-0.25, -0.2) is 4.79 Å². The molecule has 1 aromatic carbocycles. The van der Waals surface area contributed by atoms with Gasteiger partial charge >= 0.3 is 12.1 Å². The van der Waals surface area contributed by atoms with E-state index in [1.165, 1.54) is 13.3 Å². The number of carbonyl (C=O) groups excluding carboxylic acids is 2. The zero-order valence-electron chi connectivity index (χ0n) is 14.9. The Morgan fingerprint density at radius 2 is 1.93 bits per heavy atom. The zero-order chi connectivity index (χ0) is 19.6. The summed E-state index contributed by atoms with van der Waals surface area (Å²) in [5.41, 5.74) is 0.954. The molecule has 0 spiro atoms. The fourth-order valence-corrected chi connectivity index (χ4v) is 3.75. The molecule has 8 heteroatoms. The molecule has 1 aliphatic carbocycles. The van der Waals surface area contributed by atoms with Crippen molar-refractivity contribution in [1.29, 1.82) is 0 Å². The molecular weight excluding hydrogens is 361 g/mol. The van der Waals surface area contributed by atoms with Gasteiger partial charge in [-0.2, -0.15) is 13.2 Å². The molecule has 5 nitrogen and oxygen atoms in total. The van der Waals surface area contributed by atoms with Crippen LogP contribution in [0.25, 0.3) is 10.9 Å². The molecule has 2 aromatic rings. The number of amides is 1. The predicted octanol–water partition coefficient (Wildman–Crippen LogP) is 3.67. The number of methoxy groups -OCH3 is 1. The van der Waals surface area contributed by atoms with Crippen LogP contribution in [-0.2, 0) is 16.1 Å². The minimum atomic E-state index is -4.32. The molecule has 0 aliphatic heterocycles. The van der Waals surface area contributed by atoms with Gasteiger partial charge in [0.25, 0.3) is 0 Å². The average molecular weight is 382 g/mol. The number of esters is 1. The Kier molecular flexibility index (Phi) is 5.43. The second-order valence-corrected chi connectivity index (χ2v) is 6.79. The fraction of sp³-hybridized carbons (Fsp3) is 0.474. The normalized spacial score (nSPS) is 20.4. The summed E-state index contributed by atoms with van der Waals surface area (Å²) in [6.45, 7) is -0.168. The van der Waals surface area contributed by atoms with Gasteiger partial charge in [0, 0.05) is 23.1 Å². The summed E-state index contributed by atoms with van der Waals surface area (Å²) < 4.78 is 45.9. The summed E-state index contributed by atoms with van der Waals surface area (Å²) in [5, 5.41) is 3.17. The largest absolute Gasteiger partial charge is 0.465 e. The summed E-state index contributed by atoms with van der Waals surface area (Å²) >= 11 is 0. The van der Waals surface area contributed by atoms with Crippen molar-refractivity contribution < 1.29 is 27.5 Å². The molecular formula is C19H21F3N2O3. The SMILES string of the molecule is COC(=O)c1cn(CC(=O)NC2CCCCC2C(F)(F)F)c2ccccc12. The van der Waals surface area contributed by atoms with E-state index in [1.54, 1.807) is 28.8 Å². The highest BCUT2D eigenvalue weighted by molar-refractivity contribution is 6.04. The Labute approximate surface area is 154 Å². The molecule has 1 amide bonds. The van der Waals surface area contributed by atoms with E-state index in [0.29, 0.717) is 35.7 Å². The van der Waals surface area contributed by atoms with Crippen LogP contribution >= 0.6 is 0 Å². The van der Waals surface area contributed by atoms with Crippen molar-refractivity contribution in [2.75, 3.05) is 7.11 Å². The summed E-state index contributed by atoms with van der Waals surface area (Å²) in [7, 11) is 1.27. The van der Waals surface area contributed by atoms with E-state index < -0.39 is 30.0 Å². The molecule has 146 valence electrons. The molecule has 2 unspecified atom stereocenters. The summed E-state index contributed by atoms with van der Waals surface area (Å²) in [5.74, 6) is -2.55. The van der Waals surface area contributed by atoms with Gasteiger partial charge in [0.2, 0.25) is 5.91 Å². The smallest absolute Gasteiger partial charge is 0.393 e. The topological polar surface area (TPSA) is 60.3 Å². The monoisotopic (exact) mass is 382 g/mol. The lowest BCUT2D eigenvalue weighted by Gasteiger charge is -2.33. The van der Waals surface area contributed by atoms with Gasteiger partial charge in [0.05, 0.1) is 18.6 Å². The molecule has 3 rings (SSSR count). The van der Waals surface area contributed by atoms with Crippen molar-refractivity contribution in [2.45, 2.75) is 44.4 Å². The van der Waals surface area contributed by atoms with E-state index in [9.17, 15) is 22.8 Å². The second-order valence-electron chi connectivity index (χ2n) is 6.79. The van der Waals surface area contributed by atoms with E-state index >= 15 is 0 Å². The minimum Gasteiger partial charge on any atom is -0.465 e. The number of hydrogen-bond acceptors (Lipinski definition) is 3. The predicted molar refractivity (Wildman–Crippen MR) is 93.2 cm³/mol. The molecule has 0 radical (unpaired) electrons. The average Bonchev–Trinajstić information content (AvgIpc) is 2.99. The highest BCUT2D eigenvalue weighted by Crippen LogP contribution is 2.37. The number of aromatic nitrogens is 1. The molecule has 1 N–H and O–H groups in total. The first-order valence-electron chi connectivity index (χ1n) is 8.83. The molecule has 0 bridgehead atoms. The molecule has 1 aliphatic rings. The second kappa shape index (κ2) is 7.62. The Morgan fingerprint density at radius 3 is 2.63 bits per heavy atom. The van der Waals surface area contributed by atoms with Gasteiger partial charge in [-0.1, -0.05) is 31.0 Å². The van der Waals surface area contributed by atoms with Gasteiger partial charge in [0.1, 0.15) is 6.54 Å². The summed E-state index contributed by atoms with van der Waals surface area (Å²) in [4.78, 5) is 24.4. The fourth-order valence-electron chi connectivity index (χ4n) is 3.75. The number of para-hydroxylation sites is 1. The van der Waals surface area contributed by atoms with Crippen LogP contribution in [0.1, 0.15) is 36.0 Å². The minimum absolute atomic E-state index is 0.0351. The molecule has 0 saturated heterocycles. The quantitative estimate of drug-likeness (QED) is 0.821. The number of nitrogens with one attached hydrogen (secondary N) is 1. The number of ether oxygens (including phenoxy) is 1. The maximum Gasteiger partial charge on any atom is 0.393 e. The van der Waals surface area contributed by atoms with Crippen LogP contribution in [-0.4, -0.2) is 35.8 Å².